The molecule has 2 unspecified atom stereocenters. The second kappa shape index (κ2) is 7.73. The van der Waals surface area contributed by atoms with E-state index in [-0.39, 0.29) is 30.1 Å². The molecule has 4 nitrogen and oxygen atoms in total. The van der Waals surface area contributed by atoms with Crippen LogP contribution in [0.4, 0.5) is 0 Å². The first-order valence-electron chi connectivity index (χ1n) is 9.08. The molecule has 0 spiro atoms. The van der Waals surface area contributed by atoms with Crippen molar-refractivity contribution in [2.24, 2.45) is 0 Å². The molecule has 3 rings (SSSR count). The van der Waals surface area contributed by atoms with Crippen LogP contribution in [0.2, 0.25) is 0 Å². The highest BCUT2D eigenvalue weighted by Crippen LogP contribution is 2.40. The number of hydrogen-bond acceptors (Lipinski definition) is 3. The first kappa shape index (κ1) is 18.2. The molecule has 0 aliphatic heterocycles. The van der Waals surface area contributed by atoms with E-state index in [9.17, 15) is 9.59 Å². The topological polar surface area (TPSA) is 55.4 Å². The molecule has 136 valence electrons. The molecule has 26 heavy (non-hydrogen) atoms. The predicted octanol–water partition coefficient (Wildman–Crippen LogP) is 3.98. The third-order valence-corrected chi connectivity index (χ3v) is 5.02. The molecular formula is C22H25NO3. The minimum Gasteiger partial charge on any atom is -0.483 e. The zero-order valence-corrected chi connectivity index (χ0v) is 15.5. The molecule has 0 saturated heterocycles. The van der Waals surface area contributed by atoms with Gasteiger partial charge in [0.25, 0.3) is 5.91 Å². The van der Waals surface area contributed by atoms with Crippen molar-refractivity contribution in [2.75, 3.05) is 13.2 Å². The van der Waals surface area contributed by atoms with Crippen LogP contribution < -0.4 is 10.1 Å². The number of benzene rings is 2. The summed E-state index contributed by atoms with van der Waals surface area (Å²) >= 11 is 0. The Kier molecular flexibility index (Phi) is 5.40. The van der Waals surface area contributed by atoms with Crippen LogP contribution in [-0.2, 0) is 4.79 Å². The van der Waals surface area contributed by atoms with Gasteiger partial charge in [-0.3, -0.25) is 9.59 Å². The highest BCUT2D eigenvalue weighted by Gasteiger charge is 2.31. The summed E-state index contributed by atoms with van der Waals surface area (Å²) in [6.07, 6.45) is 0.511. The summed E-state index contributed by atoms with van der Waals surface area (Å²) in [7, 11) is 0. The van der Waals surface area contributed by atoms with Crippen LogP contribution in [-0.4, -0.2) is 24.8 Å². The predicted molar refractivity (Wildman–Crippen MR) is 102 cm³/mol. The maximum atomic E-state index is 12.3. The largest absolute Gasteiger partial charge is 0.483 e. The van der Waals surface area contributed by atoms with E-state index in [1.54, 1.807) is 6.07 Å². The maximum Gasteiger partial charge on any atom is 0.257 e. The second-order valence-electron chi connectivity index (χ2n) is 7.10. The van der Waals surface area contributed by atoms with E-state index in [0.29, 0.717) is 24.3 Å². The third-order valence-electron chi connectivity index (χ3n) is 5.02. The number of carbonyl (C=O) groups is 2. The summed E-state index contributed by atoms with van der Waals surface area (Å²) < 4.78 is 5.69. The van der Waals surface area contributed by atoms with Crippen molar-refractivity contribution < 1.29 is 14.3 Å². The molecule has 0 saturated carbocycles. The van der Waals surface area contributed by atoms with Crippen LogP contribution in [0.3, 0.4) is 0 Å². The van der Waals surface area contributed by atoms with E-state index >= 15 is 0 Å². The first-order chi connectivity index (χ1) is 12.5. The van der Waals surface area contributed by atoms with Gasteiger partial charge in [0.2, 0.25) is 0 Å². The molecule has 4 heteroatoms. The fourth-order valence-electron chi connectivity index (χ4n) is 3.59. The minimum absolute atomic E-state index is 0.0847. The second-order valence-corrected chi connectivity index (χ2v) is 7.10. The molecule has 0 radical (unpaired) electrons. The lowest BCUT2D eigenvalue weighted by Gasteiger charge is -2.15. The number of nitrogens with one attached hydrogen (secondary N) is 1. The lowest BCUT2D eigenvalue weighted by molar-refractivity contribution is -0.123. The number of amides is 1. The smallest absolute Gasteiger partial charge is 0.257 e. The number of Topliss-reactive ketones (excluding diaryl/α,β-unsaturated/α-hetero) is 1. The molecular weight excluding hydrogens is 326 g/mol. The monoisotopic (exact) mass is 351 g/mol. The van der Waals surface area contributed by atoms with E-state index in [0.717, 1.165) is 11.1 Å². The molecule has 2 aromatic rings. The van der Waals surface area contributed by atoms with Gasteiger partial charge in [0, 0.05) is 13.0 Å². The lowest BCUT2D eigenvalue weighted by Crippen LogP contribution is -2.32. The van der Waals surface area contributed by atoms with Crippen molar-refractivity contribution >= 4 is 11.7 Å². The summed E-state index contributed by atoms with van der Waals surface area (Å²) in [5, 5.41) is 2.90. The quantitative estimate of drug-likeness (QED) is 0.856. The van der Waals surface area contributed by atoms with Gasteiger partial charge in [-0.15, -0.1) is 0 Å². The maximum absolute atomic E-state index is 12.3. The lowest BCUT2D eigenvalue weighted by atomic mass is 9.97. The average molecular weight is 351 g/mol. The van der Waals surface area contributed by atoms with Gasteiger partial charge in [0.15, 0.2) is 12.4 Å². The molecule has 1 amide bonds. The zero-order chi connectivity index (χ0) is 18.7. The number of fused-ring (bicyclic) bond motifs is 1. The first-order valence-corrected chi connectivity index (χ1v) is 9.08. The Hall–Kier alpha value is -2.62. The van der Waals surface area contributed by atoms with Crippen molar-refractivity contribution in [1.82, 2.24) is 5.32 Å². The highest BCUT2D eigenvalue weighted by atomic mass is 16.5. The fraction of sp³-hybridized carbons (Fsp3) is 0.364. The van der Waals surface area contributed by atoms with Gasteiger partial charge in [-0.25, -0.2) is 0 Å². The van der Waals surface area contributed by atoms with Gasteiger partial charge in [-0.2, -0.15) is 0 Å². The minimum atomic E-state index is -0.180. The fourth-order valence-corrected chi connectivity index (χ4v) is 3.59. The van der Waals surface area contributed by atoms with E-state index in [1.807, 2.05) is 31.2 Å². The summed E-state index contributed by atoms with van der Waals surface area (Å²) in [5.74, 6) is 0.879. The van der Waals surface area contributed by atoms with Gasteiger partial charge >= 0.3 is 0 Å². The standard InChI is InChI=1S/C22H25NO3/c1-14-9-10-19(22-18(24)11-15(2)21(14)22)26-13-20(25)23-12-16(3)17-7-5-4-6-8-17/h4-10,15-16H,11-13H2,1-3H3,(H,23,25). The molecule has 0 aromatic heterocycles. The number of ether oxygens (including phenoxy) is 1. The summed E-state index contributed by atoms with van der Waals surface area (Å²) in [4.78, 5) is 24.4. The molecule has 0 bridgehead atoms. The normalized spacial score (nSPS) is 16.9. The Morgan fingerprint density at radius 3 is 2.69 bits per heavy atom. The van der Waals surface area contributed by atoms with Crippen molar-refractivity contribution in [3.05, 3.63) is 64.7 Å². The van der Waals surface area contributed by atoms with Crippen LogP contribution in [0.1, 0.15) is 59.2 Å². The summed E-state index contributed by atoms with van der Waals surface area (Å²) in [5.41, 5.74) is 4.00. The van der Waals surface area contributed by atoms with Crippen molar-refractivity contribution in [1.29, 1.82) is 0 Å². The Labute approximate surface area is 154 Å². The Balaban J connectivity index is 1.58. The highest BCUT2D eigenvalue weighted by molar-refractivity contribution is 6.04. The molecule has 1 aliphatic carbocycles. The molecule has 1 N–H and O–H groups in total. The van der Waals surface area contributed by atoms with Crippen LogP contribution in [0, 0.1) is 6.92 Å². The molecule has 0 fully saturated rings. The molecule has 1 aliphatic rings. The van der Waals surface area contributed by atoms with E-state index < -0.39 is 0 Å². The van der Waals surface area contributed by atoms with Crippen LogP contribution in [0.25, 0.3) is 0 Å². The van der Waals surface area contributed by atoms with Crippen LogP contribution in [0.15, 0.2) is 42.5 Å². The summed E-state index contributed by atoms with van der Waals surface area (Å²) in [6.45, 7) is 6.60. The van der Waals surface area contributed by atoms with Gasteiger partial charge in [-0.1, -0.05) is 50.2 Å². The number of rotatable bonds is 6. The zero-order valence-electron chi connectivity index (χ0n) is 15.5. The van der Waals surface area contributed by atoms with Crippen LogP contribution >= 0.6 is 0 Å². The van der Waals surface area contributed by atoms with Crippen molar-refractivity contribution in [2.45, 2.75) is 39.0 Å². The van der Waals surface area contributed by atoms with Gasteiger partial charge in [0.05, 0.1) is 5.56 Å². The average Bonchev–Trinajstić information content (AvgIpc) is 2.95. The third kappa shape index (κ3) is 3.79. The number of aryl methyl sites for hydroxylation is 1. The van der Waals surface area contributed by atoms with E-state index in [2.05, 4.69) is 31.3 Å². The molecule has 2 aromatic carbocycles. The SMILES string of the molecule is Cc1ccc(OCC(=O)NCC(C)c2ccccc2)c2c1C(C)CC2=O. The van der Waals surface area contributed by atoms with Gasteiger partial charge in [-0.05, 0) is 41.5 Å². The Bertz CT molecular complexity index is 814. The van der Waals surface area contributed by atoms with Gasteiger partial charge in [0.1, 0.15) is 5.75 Å². The number of carbonyl (C=O) groups excluding carboxylic acids is 2. The number of ketones is 1. The molecule has 0 heterocycles. The Morgan fingerprint density at radius 2 is 1.96 bits per heavy atom. The summed E-state index contributed by atoms with van der Waals surface area (Å²) in [6, 6.07) is 13.8. The van der Waals surface area contributed by atoms with Gasteiger partial charge < -0.3 is 10.1 Å². The Morgan fingerprint density at radius 1 is 1.23 bits per heavy atom. The van der Waals surface area contributed by atoms with Crippen molar-refractivity contribution in [3.8, 4) is 5.75 Å². The number of hydrogen-bond donors (Lipinski definition) is 1. The molecule has 2 atom stereocenters. The van der Waals surface area contributed by atoms with E-state index in [4.69, 9.17) is 4.74 Å². The van der Waals surface area contributed by atoms with Crippen LogP contribution in [0.5, 0.6) is 5.75 Å². The van der Waals surface area contributed by atoms with Crippen molar-refractivity contribution in [3.63, 3.8) is 0 Å². The van der Waals surface area contributed by atoms with E-state index in [1.165, 1.54) is 5.56 Å².